The molecule has 28 heavy (non-hydrogen) atoms. The highest BCUT2D eigenvalue weighted by atomic mass is 16.5. The summed E-state index contributed by atoms with van der Waals surface area (Å²) in [4.78, 5) is 0. The molecule has 1 aliphatic heterocycles. The summed E-state index contributed by atoms with van der Waals surface area (Å²) in [6.07, 6.45) is 15.8. The van der Waals surface area contributed by atoms with Crippen LogP contribution in [0.5, 0.6) is 5.75 Å². The summed E-state index contributed by atoms with van der Waals surface area (Å²) in [7, 11) is 0. The van der Waals surface area contributed by atoms with Crippen LogP contribution in [-0.2, 0) is 0 Å². The van der Waals surface area contributed by atoms with Crippen LogP contribution in [0, 0.1) is 12.8 Å². The summed E-state index contributed by atoms with van der Waals surface area (Å²) in [5, 5.41) is 3.66. The quantitative estimate of drug-likeness (QED) is 0.456. The van der Waals surface area contributed by atoms with E-state index in [1.165, 1.54) is 95.7 Å². The van der Waals surface area contributed by atoms with Gasteiger partial charge < -0.3 is 10.1 Å². The number of nitrogens with one attached hydrogen (secondary N) is 1. The van der Waals surface area contributed by atoms with E-state index >= 15 is 0 Å². The first-order valence-corrected chi connectivity index (χ1v) is 12.1. The van der Waals surface area contributed by atoms with Crippen LogP contribution in [0.1, 0.15) is 108 Å². The summed E-state index contributed by atoms with van der Waals surface area (Å²) >= 11 is 0. The fourth-order valence-electron chi connectivity index (χ4n) is 5.47. The second-order valence-electron chi connectivity index (χ2n) is 9.65. The van der Waals surface area contributed by atoms with Crippen molar-refractivity contribution in [3.05, 3.63) is 29.3 Å². The van der Waals surface area contributed by atoms with E-state index < -0.39 is 0 Å². The van der Waals surface area contributed by atoms with Crippen molar-refractivity contribution >= 4 is 0 Å². The normalized spacial score (nSPS) is 23.3. The third kappa shape index (κ3) is 5.75. The molecule has 0 aromatic heterocycles. The van der Waals surface area contributed by atoms with Crippen LogP contribution < -0.4 is 10.1 Å². The van der Waals surface area contributed by atoms with Crippen LogP contribution in [0.3, 0.4) is 0 Å². The van der Waals surface area contributed by atoms with Crippen molar-refractivity contribution in [1.29, 1.82) is 0 Å². The molecule has 158 valence electrons. The lowest BCUT2D eigenvalue weighted by atomic mass is 9.77. The molecule has 0 radical (unpaired) electrons. The highest BCUT2D eigenvalue weighted by Crippen LogP contribution is 2.40. The maximum Gasteiger partial charge on any atom is 0.123 e. The predicted octanol–water partition coefficient (Wildman–Crippen LogP) is 7.15. The van der Waals surface area contributed by atoms with Gasteiger partial charge in [-0.25, -0.2) is 0 Å². The van der Waals surface area contributed by atoms with Gasteiger partial charge in [0.15, 0.2) is 0 Å². The van der Waals surface area contributed by atoms with Gasteiger partial charge in [0.2, 0.25) is 0 Å². The van der Waals surface area contributed by atoms with Gasteiger partial charge in [0.05, 0.1) is 0 Å². The van der Waals surface area contributed by atoms with Crippen LogP contribution in [0.25, 0.3) is 0 Å². The number of rotatable bonds is 9. The van der Waals surface area contributed by atoms with Gasteiger partial charge in [0, 0.05) is 0 Å². The molecular formula is C26H43NO. The average Bonchev–Trinajstić information content (AvgIpc) is 2.71. The van der Waals surface area contributed by atoms with Gasteiger partial charge in [-0.15, -0.1) is 0 Å². The van der Waals surface area contributed by atoms with Gasteiger partial charge in [0.25, 0.3) is 0 Å². The lowest BCUT2D eigenvalue weighted by Gasteiger charge is -2.36. The van der Waals surface area contributed by atoms with Gasteiger partial charge in [-0.1, -0.05) is 51.2 Å². The highest BCUT2D eigenvalue weighted by Gasteiger charge is 2.31. The molecule has 1 aromatic carbocycles. The van der Waals surface area contributed by atoms with E-state index in [2.05, 4.69) is 44.3 Å². The van der Waals surface area contributed by atoms with Crippen molar-refractivity contribution in [3.63, 3.8) is 0 Å². The van der Waals surface area contributed by atoms with Crippen LogP contribution in [0.15, 0.2) is 18.2 Å². The molecule has 0 spiro atoms. The van der Waals surface area contributed by atoms with Gasteiger partial charge in [-0.3, -0.25) is 0 Å². The smallest absolute Gasteiger partial charge is 0.123 e. The topological polar surface area (TPSA) is 21.3 Å². The largest absolute Gasteiger partial charge is 0.487 e. The zero-order valence-corrected chi connectivity index (χ0v) is 18.7. The Bertz CT molecular complexity index is 584. The monoisotopic (exact) mass is 385 g/mol. The fraction of sp³-hybridized carbons (Fsp3) is 0.769. The van der Waals surface area contributed by atoms with E-state index in [0.29, 0.717) is 5.92 Å². The summed E-state index contributed by atoms with van der Waals surface area (Å²) in [5.41, 5.74) is 2.99. The molecule has 0 bridgehead atoms. The molecule has 2 atom stereocenters. The molecule has 3 rings (SSSR count). The number of benzene rings is 1. The maximum absolute atomic E-state index is 6.68. The zero-order chi connectivity index (χ0) is 19.8. The Morgan fingerprint density at radius 3 is 2.64 bits per heavy atom. The average molecular weight is 386 g/mol. The Morgan fingerprint density at radius 2 is 1.93 bits per heavy atom. The number of piperidine rings is 1. The molecule has 1 saturated carbocycles. The van der Waals surface area contributed by atoms with Crippen molar-refractivity contribution in [2.75, 3.05) is 13.1 Å². The third-order valence-corrected chi connectivity index (χ3v) is 7.27. The molecule has 1 aliphatic carbocycles. The Kier molecular flexibility index (Phi) is 8.26. The van der Waals surface area contributed by atoms with E-state index in [1.807, 2.05) is 0 Å². The van der Waals surface area contributed by atoms with Gasteiger partial charge in [0.1, 0.15) is 11.4 Å². The minimum Gasteiger partial charge on any atom is -0.487 e. The van der Waals surface area contributed by atoms with E-state index in [4.69, 9.17) is 4.74 Å². The molecule has 2 aliphatic rings. The minimum atomic E-state index is 0.0324. The van der Waals surface area contributed by atoms with Crippen molar-refractivity contribution in [3.8, 4) is 5.75 Å². The first kappa shape index (κ1) is 21.7. The second-order valence-corrected chi connectivity index (χ2v) is 9.65. The van der Waals surface area contributed by atoms with Gasteiger partial charge >= 0.3 is 0 Å². The fourth-order valence-corrected chi connectivity index (χ4v) is 5.47. The molecule has 2 heteroatoms. The number of hydrogen-bond donors (Lipinski definition) is 1. The number of unbranched alkanes of at least 4 members (excludes halogenated alkanes) is 3. The lowest BCUT2D eigenvalue weighted by Crippen LogP contribution is -2.35. The molecule has 1 heterocycles. The lowest BCUT2D eigenvalue weighted by molar-refractivity contribution is 0.0478. The summed E-state index contributed by atoms with van der Waals surface area (Å²) in [6, 6.07) is 6.86. The van der Waals surface area contributed by atoms with E-state index in [1.54, 1.807) is 5.56 Å². The minimum absolute atomic E-state index is 0.0324. The molecule has 1 saturated heterocycles. The molecular weight excluding hydrogens is 342 g/mol. The van der Waals surface area contributed by atoms with Crippen LogP contribution in [-0.4, -0.2) is 18.7 Å². The number of hydrogen-bond acceptors (Lipinski definition) is 2. The Labute approximate surface area is 173 Å². The first-order chi connectivity index (χ1) is 13.6. The zero-order valence-electron chi connectivity index (χ0n) is 18.7. The Hall–Kier alpha value is -1.02. The second kappa shape index (κ2) is 10.7. The molecule has 2 fully saturated rings. The SMILES string of the molecule is CCCCCCC(c1cccc(OC2(C)CCCCC2)c1C)C1CCCNC1. The predicted molar refractivity (Wildman–Crippen MR) is 120 cm³/mol. The van der Waals surface area contributed by atoms with Crippen LogP contribution in [0.2, 0.25) is 0 Å². The Balaban J connectivity index is 1.78. The summed E-state index contributed by atoms with van der Waals surface area (Å²) in [5.74, 6) is 2.59. The van der Waals surface area contributed by atoms with Crippen LogP contribution >= 0.6 is 0 Å². The maximum atomic E-state index is 6.68. The van der Waals surface area contributed by atoms with Crippen molar-refractivity contribution in [2.24, 2.45) is 5.92 Å². The summed E-state index contributed by atoms with van der Waals surface area (Å²) < 4.78 is 6.68. The molecule has 2 unspecified atom stereocenters. The standard InChI is InChI=1S/C26H43NO/c1-4-5-6-8-14-24(22-13-12-19-27-20-22)23-15-11-16-25(21(23)2)28-26(3)17-9-7-10-18-26/h11,15-16,22,24,27H,4-10,12-14,17-20H2,1-3H3. The van der Waals surface area contributed by atoms with E-state index in [9.17, 15) is 0 Å². The molecule has 1 aromatic rings. The third-order valence-electron chi connectivity index (χ3n) is 7.27. The molecule has 0 amide bonds. The van der Waals surface area contributed by atoms with E-state index in [0.717, 1.165) is 11.7 Å². The van der Waals surface area contributed by atoms with Gasteiger partial charge in [-0.2, -0.15) is 0 Å². The van der Waals surface area contributed by atoms with Crippen molar-refractivity contribution in [1.82, 2.24) is 5.32 Å². The van der Waals surface area contributed by atoms with Gasteiger partial charge in [-0.05, 0) is 101 Å². The Morgan fingerprint density at radius 1 is 1.11 bits per heavy atom. The van der Waals surface area contributed by atoms with Crippen molar-refractivity contribution in [2.45, 2.75) is 109 Å². The van der Waals surface area contributed by atoms with Crippen LogP contribution in [0.4, 0.5) is 0 Å². The van der Waals surface area contributed by atoms with E-state index in [-0.39, 0.29) is 5.60 Å². The highest BCUT2D eigenvalue weighted by molar-refractivity contribution is 5.42. The van der Waals surface area contributed by atoms with Crippen molar-refractivity contribution < 1.29 is 4.74 Å². The number of ether oxygens (including phenoxy) is 1. The molecule has 1 N–H and O–H groups in total. The first-order valence-electron chi connectivity index (χ1n) is 12.1. The molecule has 2 nitrogen and oxygen atoms in total. The summed E-state index contributed by atoms with van der Waals surface area (Å²) in [6.45, 7) is 9.32.